The predicted molar refractivity (Wildman–Crippen MR) is 92.5 cm³/mol. The minimum absolute atomic E-state index is 0.0575. The van der Waals surface area contributed by atoms with Gasteiger partial charge in [0.15, 0.2) is 4.96 Å². The Morgan fingerprint density at radius 2 is 2.25 bits per heavy atom. The number of thioether (sulfide) groups is 1. The lowest BCUT2D eigenvalue weighted by molar-refractivity contribution is -0.141. The van der Waals surface area contributed by atoms with Crippen molar-refractivity contribution in [3.63, 3.8) is 0 Å². The average Bonchev–Trinajstić information content (AvgIpc) is 3.24. The van der Waals surface area contributed by atoms with Crippen LogP contribution in [0.2, 0.25) is 0 Å². The predicted octanol–water partition coefficient (Wildman–Crippen LogP) is 2.77. The first-order valence-corrected chi connectivity index (χ1v) is 8.89. The Morgan fingerprint density at radius 1 is 1.38 bits per heavy atom. The summed E-state index contributed by atoms with van der Waals surface area (Å²) in [5, 5.41) is 10.4. The third kappa shape index (κ3) is 1.75. The zero-order valence-corrected chi connectivity index (χ0v) is 13.7. The second-order valence-corrected chi connectivity index (χ2v) is 7.44. The van der Waals surface area contributed by atoms with E-state index in [-0.39, 0.29) is 17.0 Å². The molecule has 0 unspecified atom stereocenters. The Bertz CT molecular complexity index is 1110. The second-order valence-electron chi connectivity index (χ2n) is 5.48. The summed E-state index contributed by atoms with van der Waals surface area (Å²) in [5.41, 5.74) is 2.70. The number of thiazole rings is 1. The zero-order chi connectivity index (χ0) is 16.4. The SMILES string of the molecule is O=C(O)C1=CS[C@@H]2C(=Cc3ccc4c(c3)sc3nccn34)C(=O)N12. The molecule has 1 atom stereocenters. The number of rotatable bonds is 2. The monoisotopic (exact) mass is 355 g/mol. The van der Waals surface area contributed by atoms with Gasteiger partial charge in [-0.3, -0.25) is 14.1 Å². The molecule has 24 heavy (non-hydrogen) atoms. The first kappa shape index (κ1) is 13.8. The molecule has 8 heteroatoms. The topological polar surface area (TPSA) is 74.9 Å². The van der Waals surface area contributed by atoms with Gasteiger partial charge < -0.3 is 5.11 Å². The van der Waals surface area contributed by atoms with Crippen LogP contribution in [0.25, 0.3) is 21.3 Å². The van der Waals surface area contributed by atoms with E-state index in [2.05, 4.69) is 4.98 Å². The van der Waals surface area contributed by atoms with E-state index in [0.29, 0.717) is 5.57 Å². The molecule has 4 heterocycles. The quantitative estimate of drug-likeness (QED) is 0.565. The summed E-state index contributed by atoms with van der Waals surface area (Å²) in [5.74, 6) is -1.31. The standard InChI is InChI=1S/C16H9N3O3S2/c20-13-9(14-19(13)11(7-23-14)15(21)22)5-8-1-2-10-12(6-8)24-16-17-3-4-18(10)16/h1-7,14H,(H,21,22)/t14-/m1/s1. The van der Waals surface area contributed by atoms with E-state index in [1.807, 2.05) is 34.9 Å². The van der Waals surface area contributed by atoms with Crippen molar-refractivity contribution in [2.24, 2.45) is 0 Å². The Morgan fingerprint density at radius 3 is 3.08 bits per heavy atom. The van der Waals surface area contributed by atoms with Crippen molar-refractivity contribution in [3.8, 4) is 0 Å². The summed E-state index contributed by atoms with van der Waals surface area (Å²) in [4.78, 5) is 29.9. The maximum atomic E-state index is 12.3. The molecule has 1 N–H and O–H groups in total. The van der Waals surface area contributed by atoms with Crippen LogP contribution in [-0.4, -0.2) is 36.6 Å². The van der Waals surface area contributed by atoms with Crippen LogP contribution in [-0.2, 0) is 9.59 Å². The summed E-state index contributed by atoms with van der Waals surface area (Å²) in [6.07, 6.45) is 5.54. The van der Waals surface area contributed by atoms with Gasteiger partial charge in [-0.1, -0.05) is 17.4 Å². The lowest BCUT2D eigenvalue weighted by atomic mass is 10.0. The Balaban J connectivity index is 1.52. The maximum Gasteiger partial charge on any atom is 0.353 e. The molecule has 0 saturated carbocycles. The van der Waals surface area contributed by atoms with E-state index >= 15 is 0 Å². The van der Waals surface area contributed by atoms with Crippen LogP contribution < -0.4 is 0 Å². The number of benzene rings is 1. The number of carbonyl (C=O) groups excluding carboxylic acids is 1. The van der Waals surface area contributed by atoms with Gasteiger partial charge >= 0.3 is 5.97 Å². The van der Waals surface area contributed by atoms with Crippen LogP contribution in [0.4, 0.5) is 0 Å². The minimum atomic E-state index is -1.07. The smallest absolute Gasteiger partial charge is 0.353 e. The number of amides is 1. The molecule has 0 aliphatic carbocycles. The number of aliphatic carboxylic acids is 1. The van der Waals surface area contributed by atoms with Crippen molar-refractivity contribution in [2.45, 2.75) is 5.37 Å². The van der Waals surface area contributed by atoms with Gasteiger partial charge in [0.05, 0.1) is 15.8 Å². The molecule has 2 aromatic heterocycles. The number of carboxylic acids is 1. The van der Waals surface area contributed by atoms with Crippen molar-refractivity contribution < 1.29 is 14.7 Å². The normalized spacial score (nSPS) is 21.4. The third-order valence-corrected chi connectivity index (χ3v) is 6.24. The third-order valence-electron chi connectivity index (χ3n) is 4.13. The van der Waals surface area contributed by atoms with Gasteiger partial charge in [0.25, 0.3) is 5.91 Å². The van der Waals surface area contributed by atoms with Crippen molar-refractivity contribution in [3.05, 3.63) is 52.8 Å². The number of carbonyl (C=O) groups is 2. The molecule has 2 aliphatic heterocycles. The van der Waals surface area contributed by atoms with Crippen molar-refractivity contribution in [1.82, 2.24) is 14.3 Å². The summed E-state index contributed by atoms with van der Waals surface area (Å²) < 4.78 is 3.13. The van der Waals surface area contributed by atoms with E-state index in [1.54, 1.807) is 17.5 Å². The fourth-order valence-corrected chi connectivity index (χ4v) is 5.15. The van der Waals surface area contributed by atoms with Gasteiger partial charge in [-0.05, 0) is 23.8 Å². The van der Waals surface area contributed by atoms with Gasteiger partial charge in [-0.25, -0.2) is 9.78 Å². The molecule has 6 nitrogen and oxygen atoms in total. The summed E-state index contributed by atoms with van der Waals surface area (Å²) in [7, 11) is 0. The highest BCUT2D eigenvalue weighted by Crippen LogP contribution is 2.45. The highest BCUT2D eigenvalue weighted by molar-refractivity contribution is 8.03. The fourth-order valence-electron chi connectivity index (χ4n) is 2.99. The number of carboxylic acid groups (broad SMARTS) is 1. The number of β-lactam (4-membered cyclic amide) rings is 1. The number of hydrogen-bond donors (Lipinski definition) is 1. The van der Waals surface area contributed by atoms with Crippen molar-refractivity contribution in [1.29, 1.82) is 0 Å². The minimum Gasteiger partial charge on any atom is -0.477 e. The lowest BCUT2D eigenvalue weighted by Crippen LogP contribution is -2.51. The Kier molecular flexibility index (Phi) is 2.71. The van der Waals surface area contributed by atoms with Crippen LogP contribution >= 0.6 is 23.1 Å². The molecule has 2 aliphatic rings. The Hall–Kier alpha value is -2.58. The molecule has 1 aromatic carbocycles. The number of fused-ring (bicyclic) bond motifs is 4. The number of imidazole rings is 1. The molecule has 5 rings (SSSR count). The van der Waals surface area contributed by atoms with E-state index < -0.39 is 5.97 Å². The van der Waals surface area contributed by atoms with Crippen molar-refractivity contribution >= 4 is 56.2 Å². The summed E-state index contributed by atoms with van der Waals surface area (Å²) >= 11 is 2.94. The molecule has 0 spiro atoms. The van der Waals surface area contributed by atoms with E-state index in [1.165, 1.54) is 22.1 Å². The van der Waals surface area contributed by atoms with Crippen LogP contribution in [0.3, 0.4) is 0 Å². The van der Waals surface area contributed by atoms with Gasteiger partial charge in [0.1, 0.15) is 11.1 Å². The molecule has 0 radical (unpaired) electrons. The molecule has 1 amide bonds. The lowest BCUT2D eigenvalue weighted by Gasteiger charge is -2.37. The Labute approximate surface area is 143 Å². The summed E-state index contributed by atoms with van der Waals surface area (Å²) in [6.45, 7) is 0. The van der Waals surface area contributed by atoms with Crippen LogP contribution in [0, 0.1) is 0 Å². The zero-order valence-electron chi connectivity index (χ0n) is 12.0. The number of aromatic nitrogens is 2. The number of nitrogens with zero attached hydrogens (tertiary/aromatic N) is 3. The highest BCUT2D eigenvalue weighted by Gasteiger charge is 2.49. The molecular weight excluding hydrogens is 346 g/mol. The molecular formula is C16H9N3O3S2. The van der Waals surface area contributed by atoms with Crippen LogP contribution in [0.1, 0.15) is 5.56 Å². The second kappa shape index (κ2) is 4.71. The summed E-state index contributed by atoms with van der Waals surface area (Å²) in [6, 6.07) is 6.00. The van der Waals surface area contributed by atoms with Gasteiger partial charge in [-0.15, -0.1) is 11.8 Å². The largest absolute Gasteiger partial charge is 0.477 e. The average molecular weight is 355 g/mol. The molecule has 0 bridgehead atoms. The van der Waals surface area contributed by atoms with E-state index in [4.69, 9.17) is 5.11 Å². The van der Waals surface area contributed by atoms with Crippen LogP contribution in [0.15, 0.2) is 47.3 Å². The van der Waals surface area contributed by atoms with E-state index in [9.17, 15) is 9.59 Å². The van der Waals surface area contributed by atoms with E-state index in [0.717, 1.165) is 20.7 Å². The first-order valence-electron chi connectivity index (χ1n) is 7.13. The van der Waals surface area contributed by atoms with Crippen molar-refractivity contribution in [2.75, 3.05) is 0 Å². The van der Waals surface area contributed by atoms with Gasteiger partial charge in [-0.2, -0.15) is 0 Å². The molecule has 3 aromatic rings. The molecule has 1 fully saturated rings. The number of hydrogen-bond acceptors (Lipinski definition) is 5. The van der Waals surface area contributed by atoms with Gasteiger partial charge in [0.2, 0.25) is 0 Å². The van der Waals surface area contributed by atoms with Gasteiger partial charge in [0, 0.05) is 17.8 Å². The maximum absolute atomic E-state index is 12.3. The fraction of sp³-hybridized carbons (Fsp3) is 0.0625. The molecule has 118 valence electrons. The molecule has 1 saturated heterocycles. The first-order chi connectivity index (χ1) is 11.6. The highest BCUT2D eigenvalue weighted by atomic mass is 32.2. The van der Waals surface area contributed by atoms with Crippen LogP contribution in [0.5, 0.6) is 0 Å².